The smallest absolute Gasteiger partial charge is 0.310 e. The summed E-state index contributed by atoms with van der Waals surface area (Å²) in [4.78, 5) is 12.5. The molecule has 112 valence electrons. The number of ether oxygens (including phenoxy) is 1. The first-order valence-corrected chi connectivity index (χ1v) is 8.31. The zero-order valence-corrected chi connectivity index (χ0v) is 13.4. The number of likely N-dealkylation sites (N-methyl/N-ethyl adjacent to an activating group) is 1. The van der Waals surface area contributed by atoms with Gasteiger partial charge in [-0.2, -0.15) is 0 Å². The SMILES string of the molecule is CC(C)C1C2C(=O)O[C@H]1C1C3(C)C2CC[C@H]3C[N+]1(C)C. The van der Waals surface area contributed by atoms with Crippen molar-refractivity contribution in [2.24, 2.45) is 35.0 Å². The van der Waals surface area contributed by atoms with Gasteiger partial charge in [0.2, 0.25) is 0 Å². The summed E-state index contributed by atoms with van der Waals surface area (Å²) < 4.78 is 7.02. The monoisotopic (exact) mass is 278 g/mol. The minimum atomic E-state index is 0.120. The van der Waals surface area contributed by atoms with Crippen LogP contribution in [0.15, 0.2) is 0 Å². The molecule has 4 aliphatic rings. The first-order chi connectivity index (χ1) is 9.28. The molecule has 2 aliphatic carbocycles. The van der Waals surface area contributed by atoms with E-state index in [2.05, 4.69) is 34.9 Å². The molecule has 0 aromatic heterocycles. The number of likely N-dealkylation sites (tertiary alicyclic amines) is 1. The van der Waals surface area contributed by atoms with Crippen molar-refractivity contribution in [3.05, 3.63) is 0 Å². The van der Waals surface area contributed by atoms with Crippen molar-refractivity contribution in [3.63, 3.8) is 0 Å². The zero-order chi connectivity index (χ0) is 14.4. The Kier molecular flexibility index (Phi) is 2.36. The quantitative estimate of drug-likeness (QED) is 0.543. The van der Waals surface area contributed by atoms with Crippen molar-refractivity contribution in [1.82, 2.24) is 0 Å². The van der Waals surface area contributed by atoms with Crippen LogP contribution >= 0.6 is 0 Å². The van der Waals surface area contributed by atoms with Crippen LogP contribution in [0, 0.1) is 35.0 Å². The van der Waals surface area contributed by atoms with Gasteiger partial charge in [0, 0.05) is 17.3 Å². The van der Waals surface area contributed by atoms with Gasteiger partial charge < -0.3 is 9.22 Å². The van der Waals surface area contributed by atoms with Gasteiger partial charge in [0.25, 0.3) is 0 Å². The summed E-state index contributed by atoms with van der Waals surface area (Å²) in [5.74, 6) is 2.65. The average molecular weight is 278 g/mol. The van der Waals surface area contributed by atoms with E-state index < -0.39 is 0 Å². The molecule has 0 aromatic rings. The van der Waals surface area contributed by atoms with E-state index in [1.165, 1.54) is 19.4 Å². The van der Waals surface area contributed by atoms with Crippen LogP contribution in [-0.4, -0.2) is 43.2 Å². The molecule has 7 atom stereocenters. The maximum atomic E-state index is 12.5. The van der Waals surface area contributed by atoms with Gasteiger partial charge >= 0.3 is 5.97 Å². The molecule has 0 N–H and O–H groups in total. The Hall–Kier alpha value is -0.570. The molecule has 4 rings (SSSR count). The highest BCUT2D eigenvalue weighted by molar-refractivity contribution is 5.77. The third-order valence-electron chi connectivity index (χ3n) is 7.42. The lowest BCUT2D eigenvalue weighted by molar-refractivity contribution is -0.912. The second kappa shape index (κ2) is 3.60. The Balaban J connectivity index is 1.88. The van der Waals surface area contributed by atoms with Gasteiger partial charge in [-0.15, -0.1) is 0 Å². The summed E-state index contributed by atoms with van der Waals surface area (Å²) in [5.41, 5.74) is 0.330. The number of nitrogens with zero attached hydrogens (tertiary/aromatic N) is 1. The largest absolute Gasteiger partial charge is 0.455 e. The fourth-order valence-electron chi connectivity index (χ4n) is 6.96. The van der Waals surface area contributed by atoms with Gasteiger partial charge in [-0.25, -0.2) is 0 Å². The van der Waals surface area contributed by atoms with Crippen molar-refractivity contribution in [3.8, 4) is 0 Å². The van der Waals surface area contributed by atoms with Crippen LogP contribution < -0.4 is 0 Å². The minimum absolute atomic E-state index is 0.120. The number of fused-ring (bicyclic) bond motifs is 4. The van der Waals surface area contributed by atoms with E-state index in [0.29, 0.717) is 29.2 Å². The molecule has 0 amide bonds. The first kappa shape index (κ1) is 13.1. The summed E-state index contributed by atoms with van der Waals surface area (Å²) in [6.45, 7) is 8.29. The minimum Gasteiger partial charge on any atom is -0.455 e. The van der Waals surface area contributed by atoms with Crippen molar-refractivity contribution in [2.75, 3.05) is 20.6 Å². The van der Waals surface area contributed by atoms with E-state index in [1.54, 1.807) is 0 Å². The third kappa shape index (κ3) is 1.25. The van der Waals surface area contributed by atoms with Crippen LogP contribution in [0.25, 0.3) is 0 Å². The van der Waals surface area contributed by atoms with E-state index in [9.17, 15) is 4.79 Å². The topological polar surface area (TPSA) is 26.3 Å². The highest BCUT2D eigenvalue weighted by Gasteiger charge is 2.76. The molecule has 4 fully saturated rings. The molecule has 2 aliphatic heterocycles. The van der Waals surface area contributed by atoms with Gasteiger partial charge in [0.05, 0.1) is 26.6 Å². The normalized spacial score (nSPS) is 55.2. The Bertz CT molecular complexity index is 472. The Morgan fingerprint density at radius 1 is 1.30 bits per heavy atom. The number of carbonyl (C=O) groups is 1. The highest BCUT2D eigenvalue weighted by atomic mass is 16.6. The van der Waals surface area contributed by atoms with Crippen molar-refractivity contribution in [2.45, 2.75) is 45.8 Å². The van der Waals surface area contributed by atoms with Crippen LogP contribution in [0.3, 0.4) is 0 Å². The second-order valence-corrected chi connectivity index (χ2v) is 8.90. The summed E-state index contributed by atoms with van der Waals surface area (Å²) in [6.07, 6.45) is 2.72. The fraction of sp³-hybridized carbons (Fsp3) is 0.941. The fourth-order valence-corrected chi connectivity index (χ4v) is 6.96. The summed E-state index contributed by atoms with van der Waals surface area (Å²) in [6, 6.07) is 0.509. The molecule has 3 nitrogen and oxygen atoms in total. The van der Waals surface area contributed by atoms with Crippen LogP contribution in [0.2, 0.25) is 0 Å². The number of rotatable bonds is 1. The van der Waals surface area contributed by atoms with Gasteiger partial charge in [-0.1, -0.05) is 20.8 Å². The number of carbonyl (C=O) groups excluding carboxylic acids is 1. The number of hydrogen-bond donors (Lipinski definition) is 0. The highest BCUT2D eigenvalue weighted by Crippen LogP contribution is 2.67. The van der Waals surface area contributed by atoms with Crippen LogP contribution in [0.5, 0.6) is 0 Å². The average Bonchev–Trinajstić information content (AvgIpc) is 2.83. The van der Waals surface area contributed by atoms with Crippen molar-refractivity contribution < 1.29 is 14.0 Å². The molecule has 2 saturated heterocycles. The molecule has 2 saturated carbocycles. The summed E-state index contributed by atoms with van der Waals surface area (Å²) in [7, 11) is 4.71. The molecular formula is C17H28NO2+. The summed E-state index contributed by atoms with van der Waals surface area (Å²) >= 11 is 0. The molecule has 2 heterocycles. The van der Waals surface area contributed by atoms with Crippen molar-refractivity contribution >= 4 is 5.97 Å². The molecule has 20 heavy (non-hydrogen) atoms. The van der Waals surface area contributed by atoms with E-state index >= 15 is 0 Å². The van der Waals surface area contributed by atoms with Crippen LogP contribution in [0.4, 0.5) is 0 Å². The molecular weight excluding hydrogens is 250 g/mol. The number of esters is 1. The molecule has 3 heteroatoms. The Labute approximate surface area is 122 Å². The van der Waals surface area contributed by atoms with E-state index in [1.807, 2.05) is 0 Å². The lowest BCUT2D eigenvalue weighted by Crippen LogP contribution is -2.62. The lowest BCUT2D eigenvalue weighted by atomic mass is 9.55. The van der Waals surface area contributed by atoms with Gasteiger partial charge in [0.15, 0.2) is 6.10 Å². The van der Waals surface area contributed by atoms with E-state index in [-0.39, 0.29) is 18.0 Å². The molecule has 0 aromatic carbocycles. The van der Waals surface area contributed by atoms with Crippen molar-refractivity contribution in [1.29, 1.82) is 0 Å². The van der Waals surface area contributed by atoms with E-state index in [4.69, 9.17) is 4.74 Å². The summed E-state index contributed by atoms with van der Waals surface area (Å²) in [5, 5.41) is 0. The number of hydrogen-bond acceptors (Lipinski definition) is 2. The predicted molar refractivity (Wildman–Crippen MR) is 76.8 cm³/mol. The number of quaternary nitrogens is 1. The van der Waals surface area contributed by atoms with Gasteiger partial charge in [-0.05, 0) is 24.7 Å². The third-order valence-corrected chi connectivity index (χ3v) is 7.42. The maximum Gasteiger partial charge on any atom is 0.310 e. The maximum absolute atomic E-state index is 12.5. The standard InChI is InChI=1S/C17H28NO2/c1-9(2)12-13-11-7-6-10-8-18(4,5)15(17(10,11)3)14(12)20-16(13)19/h9-15H,6-8H2,1-5H3/q+1/t10-,11?,12?,13?,14+,15?,17?/m0/s1. The Morgan fingerprint density at radius 3 is 2.65 bits per heavy atom. The molecule has 5 unspecified atom stereocenters. The second-order valence-electron chi connectivity index (χ2n) is 8.90. The zero-order valence-electron chi connectivity index (χ0n) is 13.4. The predicted octanol–water partition coefficient (Wildman–Crippen LogP) is 2.30. The van der Waals surface area contributed by atoms with Crippen LogP contribution in [-0.2, 0) is 9.53 Å². The van der Waals surface area contributed by atoms with Gasteiger partial charge in [0.1, 0.15) is 6.04 Å². The first-order valence-electron chi connectivity index (χ1n) is 8.31. The molecule has 0 radical (unpaired) electrons. The molecule has 0 spiro atoms. The lowest BCUT2D eigenvalue weighted by Gasteiger charge is -2.50. The molecule has 2 bridgehead atoms. The van der Waals surface area contributed by atoms with Crippen LogP contribution in [0.1, 0.15) is 33.6 Å². The van der Waals surface area contributed by atoms with E-state index in [0.717, 1.165) is 10.4 Å². The van der Waals surface area contributed by atoms with Gasteiger partial charge in [-0.3, -0.25) is 4.79 Å². The Morgan fingerprint density at radius 2 is 2.00 bits per heavy atom.